The molecule has 1 saturated heterocycles. The maximum absolute atomic E-state index is 11.5. The van der Waals surface area contributed by atoms with Crippen LogP contribution < -0.4 is 5.32 Å². The first kappa shape index (κ1) is 7.10. The summed E-state index contributed by atoms with van der Waals surface area (Å²) in [5.74, 6) is 0.825. The van der Waals surface area contributed by atoms with E-state index in [0.29, 0.717) is 11.8 Å². The topological polar surface area (TPSA) is 36.9 Å². The van der Waals surface area contributed by atoms with E-state index in [4.69, 9.17) is 0 Å². The van der Waals surface area contributed by atoms with Crippen LogP contribution in [-0.2, 0) is 4.79 Å². The van der Waals surface area contributed by atoms with Crippen molar-refractivity contribution < 1.29 is 10.1 Å². The van der Waals surface area contributed by atoms with Crippen LogP contribution in [-0.4, -0.2) is 37.0 Å². The highest BCUT2D eigenvalue weighted by Gasteiger charge is 2.34. The fourth-order valence-corrected chi connectivity index (χ4v) is 1.56. The molecule has 1 aliphatic carbocycles. The first-order valence-electron chi connectivity index (χ1n) is 4.48. The summed E-state index contributed by atoms with van der Waals surface area (Å²) in [5.41, 5.74) is 0. The van der Waals surface area contributed by atoms with Crippen molar-refractivity contribution in [2.75, 3.05) is 26.2 Å². The Morgan fingerprint density at radius 1 is 1.27 bits per heavy atom. The van der Waals surface area contributed by atoms with Gasteiger partial charge in [0.25, 0.3) is 0 Å². The molecule has 1 amide bonds. The molecular formula is C8H15N2O+. The first-order chi connectivity index (χ1) is 5.38. The molecule has 2 aliphatic rings. The molecule has 0 aromatic heterocycles. The molecule has 0 spiro atoms. The van der Waals surface area contributed by atoms with Crippen molar-refractivity contribution in [3.05, 3.63) is 0 Å². The summed E-state index contributed by atoms with van der Waals surface area (Å²) in [6, 6.07) is 0. The number of nitrogens with two attached hydrogens (primary N) is 1. The molecule has 2 fully saturated rings. The molecule has 0 aromatic rings. The molecule has 11 heavy (non-hydrogen) atoms. The van der Waals surface area contributed by atoms with Crippen LogP contribution in [0.2, 0.25) is 0 Å². The fourth-order valence-electron chi connectivity index (χ4n) is 1.56. The van der Waals surface area contributed by atoms with E-state index in [1.165, 1.54) is 0 Å². The first-order valence-corrected chi connectivity index (χ1v) is 4.48. The maximum atomic E-state index is 11.5. The summed E-state index contributed by atoms with van der Waals surface area (Å²) in [5, 5.41) is 2.27. The number of nitrogens with zero attached hydrogens (tertiary/aromatic N) is 1. The Labute approximate surface area is 66.8 Å². The molecule has 62 valence electrons. The number of amides is 1. The molecule has 0 unspecified atom stereocenters. The fraction of sp³-hybridized carbons (Fsp3) is 0.875. The van der Waals surface area contributed by atoms with Crippen molar-refractivity contribution in [3.63, 3.8) is 0 Å². The van der Waals surface area contributed by atoms with Gasteiger partial charge in [-0.25, -0.2) is 0 Å². The van der Waals surface area contributed by atoms with Crippen molar-refractivity contribution in [1.29, 1.82) is 0 Å². The summed E-state index contributed by atoms with van der Waals surface area (Å²) in [7, 11) is 0. The lowest BCUT2D eigenvalue weighted by Crippen LogP contribution is -2.90. The normalized spacial score (nSPS) is 25.3. The van der Waals surface area contributed by atoms with Gasteiger partial charge in [-0.2, -0.15) is 0 Å². The van der Waals surface area contributed by atoms with Crippen LogP contribution in [0.25, 0.3) is 0 Å². The van der Waals surface area contributed by atoms with Gasteiger partial charge in [-0.15, -0.1) is 0 Å². The number of piperazine rings is 1. The Morgan fingerprint density at radius 3 is 2.45 bits per heavy atom. The second-order valence-corrected chi connectivity index (χ2v) is 3.47. The molecule has 1 aliphatic heterocycles. The molecule has 2 rings (SSSR count). The third-order valence-corrected chi connectivity index (χ3v) is 2.44. The summed E-state index contributed by atoms with van der Waals surface area (Å²) < 4.78 is 0. The van der Waals surface area contributed by atoms with Crippen LogP contribution in [0.15, 0.2) is 0 Å². The quantitative estimate of drug-likeness (QED) is 0.507. The standard InChI is InChI=1S/C8H14N2O/c11-8(7-1-2-7)10-5-3-9-4-6-10/h7,9H,1-6H2/p+1. The molecule has 3 heteroatoms. The molecule has 1 heterocycles. The zero-order chi connectivity index (χ0) is 7.68. The molecule has 0 atom stereocenters. The van der Waals surface area contributed by atoms with Crippen LogP contribution in [0, 0.1) is 5.92 Å². The van der Waals surface area contributed by atoms with E-state index in [2.05, 4.69) is 5.32 Å². The van der Waals surface area contributed by atoms with Crippen molar-refractivity contribution in [2.24, 2.45) is 5.92 Å². The second kappa shape index (κ2) is 2.81. The van der Waals surface area contributed by atoms with Crippen molar-refractivity contribution >= 4 is 5.91 Å². The van der Waals surface area contributed by atoms with E-state index in [9.17, 15) is 4.79 Å². The minimum Gasteiger partial charge on any atom is -0.343 e. The second-order valence-electron chi connectivity index (χ2n) is 3.47. The van der Waals surface area contributed by atoms with Gasteiger partial charge in [-0.05, 0) is 12.8 Å². The van der Waals surface area contributed by atoms with E-state index >= 15 is 0 Å². The predicted octanol–water partition coefficient (Wildman–Crippen LogP) is -1.20. The van der Waals surface area contributed by atoms with Gasteiger partial charge in [0.1, 0.15) is 0 Å². The highest BCUT2D eigenvalue weighted by Crippen LogP contribution is 2.30. The summed E-state index contributed by atoms with van der Waals surface area (Å²) in [6.07, 6.45) is 2.28. The van der Waals surface area contributed by atoms with E-state index in [-0.39, 0.29) is 0 Å². The molecular weight excluding hydrogens is 140 g/mol. The lowest BCUT2D eigenvalue weighted by Gasteiger charge is -2.25. The highest BCUT2D eigenvalue weighted by atomic mass is 16.2. The van der Waals surface area contributed by atoms with Gasteiger partial charge in [0.15, 0.2) is 0 Å². The Kier molecular flexibility index (Phi) is 1.82. The van der Waals surface area contributed by atoms with Crippen LogP contribution >= 0.6 is 0 Å². The average molecular weight is 155 g/mol. The number of carbonyl (C=O) groups is 1. The van der Waals surface area contributed by atoms with Gasteiger partial charge >= 0.3 is 0 Å². The molecule has 0 aromatic carbocycles. The van der Waals surface area contributed by atoms with Crippen LogP contribution in [0.3, 0.4) is 0 Å². The van der Waals surface area contributed by atoms with Gasteiger partial charge in [0.2, 0.25) is 5.91 Å². The molecule has 3 nitrogen and oxygen atoms in total. The Balaban J connectivity index is 1.86. The molecule has 2 N–H and O–H groups in total. The largest absolute Gasteiger partial charge is 0.343 e. The third kappa shape index (κ3) is 1.53. The molecule has 1 saturated carbocycles. The SMILES string of the molecule is O=C(C1CC1)N1CC[NH2+]CC1. The van der Waals surface area contributed by atoms with Crippen molar-refractivity contribution in [3.8, 4) is 0 Å². The van der Waals surface area contributed by atoms with Crippen molar-refractivity contribution in [1.82, 2.24) is 4.90 Å². The van der Waals surface area contributed by atoms with Crippen LogP contribution in [0.1, 0.15) is 12.8 Å². The van der Waals surface area contributed by atoms with E-state index in [0.717, 1.165) is 39.0 Å². The number of hydrogen-bond donors (Lipinski definition) is 1. The number of rotatable bonds is 1. The van der Waals surface area contributed by atoms with E-state index in [1.54, 1.807) is 0 Å². The lowest BCUT2D eigenvalue weighted by atomic mass is 10.3. The smallest absolute Gasteiger partial charge is 0.226 e. The number of carbonyl (C=O) groups excluding carboxylic acids is 1. The predicted molar refractivity (Wildman–Crippen MR) is 41.0 cm³/mol. The highest BCUT2D eigenvalue weighted by molar-refractivity contribution is 5.81. The number of quaternary nitrogens is 1. The summed E-state index contributed by atoms with van der Waals surface area (Å²) >= 11 is 0. The minimum absolute atomic E-state index is 0.410. The Hall–Kier alpha value is -0.570. The average Bonchev–Trinajstić information content (AvgIpc) is 2.87. The zero-order valence-electron chi connectivity index (χ0n) is 6.75. The maximum Gasteiger partial charge on any atom is 0.226 e. The molecule has 0 bridgehead atoms. The number of hydrogen-bond acceptors (Lipinski definition) is 1. The minimum atomic E-state index is 0.410. The van der Waals surface area contributed by atoms with Crippen LogP contribution in [0.5, 0.6) is 0 Å². The van der Waals surface area contributed by atoms with Gasteiger partial charge in [-0.3, -0.25) is 4.79 Å². The summed E-state index contributed by atoms with van der Waals surface area (Å²) in [6.45, 7) is 4.13. The monoisotopic (exact) mass is 155 g/mol. The van der Waals surface area contributed by atoms with Gasteiger partial charge in [0, 0.05) is 5.92 Å². The van der Waals surface area contributed by atoms with Crippen LogP contribution in [0.4, 0.5) is 0 Å². The van der Waals surface area contributed by atoms with E-state index in [1.807, 2.05) is 4.90 Å². The van der Waals surface area contributed by atoms with Gasteiger partial charge in [-0.1, -0.05) is 0 Å². The molecule has 0 radical (unpaired) electrons. The zero-order valence-corrected chi connectivity index (χ0v) is 6.75. The Morgan fingerprint density at radius 2 is 1.91 bits per heavy atom. The lowest BCUT2D eigenvalue weighted by molar-refractivity contribution is -0.662. The van der Waals surface area contributed by atoms with Gasteiger partial charge in [0.05, 0.1) is 26.2 Å². The van der Waals surface area contributed by atoms with E-state index < -0.39 is 0 Å². The third-order valence-electron chi connectivity index (χ3n) is 2.44. The summed E-state index contributed by atoms with van der Waals surface area (Å²) in [4.78, 5) is 13.5. The Bertz CT molecular complexity index is 159. The van der Waals surface area contributed by atoms with Crippen molar-refractivity contribution in [2.45, 2.75) is 12.8 Å². The van der Waals surface area contributed by atoms with Gasteiger partial charge < -0.3 is 10.2 Å².